The summed E-state index contributed by atoms with van der Waals surface area (Å²) in [5, 5.41) is 0. The molecule has 2 N–H and O–H groups in total. The summed E-state index contributed by atoms with van der Waals surface area (Å²) < 4.78 is 5.44. The normalized spacial score (nSPS) is 29.4. The molecule has 4 nitrogen and oxygen atoms in total. The van der Waals surface area contributed by atoms with Crippen LogP contribution in [0, 0.1) is 0 Å². The molecular weight excluding hydrogens is 238 g/mol. The first-order valence-electron chi connectivity index (χ1n) is 7.51. The second-order valence-corrected chi connectivity index (χ2v) is 6.00. The van der Waals surface area contributed by atoms with Gasteiger partial charge >= 0.3 is 0 Å². The van der Waals surface area contributed by atoms with E-state index in [2.05, 4.69) is 22.8 Å². The van der Waals surface area contributed by atoms with Gasteiger partial charge in [-0.1, -0.05) is 6.42 Å². The molecule has 0 amide bonds. The number of fused-ring (bicyclic) bond motifs is 1. The predicted octanol–water partition coefficient (Wildman–Crippen LogP) is 1.80. The van der Waals surface area contributed by atoms with E-state index < -0.39 is 0 Å². The Hall–Kier alpha value is -0.840. The van der Waals surface area contributed by atoms with Crippen molar-refractivity contribution in [1.82, 2.24) is 9.80 Å². The Morgan fingerprint density at radius 3 is 3.11 bits per heavy atom. The van der Waals surface area contributed by atoms with E-state index in [0.717, 1.165) is 18.3 Å². The lowest BCUT2D eigenvalue weighted by Gasteiger charge is -2.47. The third kappa shape index (κ3) is 2.71. The highest BCUT2D eigenvalue weighted by Gasteiger charge is 2.33. The van der Waals surface area contributed by atoms with E-state index in [1.807, 2.05) is 0 Å². The first kappa shape index (κ1) is 13.2. The van der Waals surface area contributed by atoms with Crippen LogP contribution in [-0.2, 0) is 13.1 Å². The second kappa shape index (κ2) is 5.65. The Morgan fingerprint density at radius 2 is 2.26 bits per heavy atom. The third-order valence-corrected chi connectivity index (χ3v) is 4.71. The van der Waals surface area contributed by atoms with Crippen LogP contribution < -0.4 is 5.73 Å². The van der Waals surface area contributed by atoms with E-state index in [4.69, 9.17) is 10.2 Å². The minimum absolute atomic E-state index is 0.500. The number of piperidine rings is 1. The molecule has 3 heterocycles. The van der Waals surface area contributed by atoms with Gasteiger partial charge in [-0.25, -0.2) is 0 Å². The molecule has 2 aliphatic rings. The van der Waals surface area contributed by atoms with Gasteiger partial charge in [-0.2, -0.15) is 0 Å². The first-order chi connectivity index (χ1) is 9.28. The molecule has 2 saturated heterocycles. The zero-order valence-corrected chi connectivity index (χ0v) is 11.8. The quantitative estimate of drug-likeness (QED) is 0.903. The number of hydrogen-bond donors (Lipinski definition) is 1. The molecule has 0 aromatic carbocycles. The van der Waals surface area contributed by atoms with Crippen molar-refractivity contribution in [2.24, 2.45) is 5.73 Å². The Kier molecular flexibility index (Phi) is 3.91. The van der Waals surface area contributed by atoms with Crippen molar-refractivity contribution >= 4 is 0 Å². The van der Waals surface area contributed by atoms with Gasteiger partial charge in [0.15, 0.2) is 0 Å². The lowest BCUT2D eigenvalue weighted by atomic mass is 9.97. The summed E-state index contributed by atoms with van der Waals surface area (Å²) in [5.41, 5.74) is 6.98. The van der Waals surface area contributed by atoms with Crippen LogP contribution in [-0.4, -0.2) is 41.5 Å². The van der Waals surface area contributed by atoms with Gasteiger partial charge in [-0.3, -0.25) is 9.80 Å². The van der Waals surface area contributed by atoms with Crippen LogP contribution in [0.5, 0.6) is 0 Å². The molecule has 4 heteroatoms. The van der Waals surface area contributed by atoms with Gasteiger partial charge < -0.3 is 10.2 Å². The molecule has 2 atom stereocenters. The Labute approximate surface area is 115 Å². The molecule has 1 aromatic rings. The molecule has 2 fully saturated rings. The largest absolute Gasteiger partial charge is 0.468 e. The maximum absolute atomic E-state index is 5.72. The van der Waals surface area contributed by atoms with Crippen molar-refractivity contribution in [2.45, 2.75) is 51.4 Å². The van der Waals surface area contributed by atoms with Gasteiger partial charge in [0.25, 0.3) is 0 Å². The molecule has 0 saturated carbocycles. The monoisotopic (exact) mass is 263 g/mol. The van der Waals surface area contributed by atoms with E-state index in [1.165, 1.54) is 44.5 Å². The van der Waals surface area contributed by atoms with Crippen LogP contribution in [0.2, 0.25) is 0 Å². The highest BCUT2D eigenvalue weighted by atomic mass is 16.3. The molecule has 0 radical (unpaired) electrons. The maximum atomic E-state index is 5.72. The van der Waals surface area contributed by atoms with Gasteiger partial charge in [0.1, 0.15) is 5.76 Å². The Bertz CT molecular complexity index is 417. The van der Waals surface area contributed by atoms with Gasteiger partial charge in [0.2, 0.25) is 0 Å². The third-order valence-electron chi connectivity index (χ3n) is 4.71. The maximum Gasteiger partial charge on any atom is 0.121 e. The molecule has 3 rings (SSSR count). The van der Waals surface area contributed by atoms with E-state index in [0.29, 0.717) is 12.6 Å². The fourth-order valence-corrected chi connectivity index (χ4v) is 3.54. The molecule has 2 unspecified atom stereocenters. The van der Waals surface area contributed by atoms with Gasteiger partial charge in [-0.15, -0.1) is 0 Å². The van der Waals surface area contributed by atoms with Crippen LogP contribution in [0.1, 0.15) is 37.5 Å². The summed E-state index contributed by atoms with van der Waals surface area (Å²) in [7, 11) is 0. The van der Waals surface area contributed by atoms with Crippen LogP contribution in [0.4, 0.5) is 0 Å². The summed E-state index contributed by atoms with van der Waals surface area (Å²) in [6, 6.07) is 3.45. The molecule has 0 bridgehead atoms. The Morgan fingerprint density at radius 1 is 1.37 bits per heavy atom. The number of furan rings is 1. The molecule has 1 aromatic heterocycles. The minimum Gasteiger partial charge on any atom is -0.468 e. The molecule has 0 aliphatic carbocycles. The van der Waals surface area contributed by atoms with Crippen LogP contribution in [0.15, 0.2) is 16.7 Å². The lowest BCUT2D eigenvalue weighted by Crippen LogP contribution is -2.58. The fourth-order valence-electron chi connectivity index (χ4n) is 3.54. The van der Waals surface area contributed by atoms with Crippen molar-refractivity contribution < 1.29 is 4.42 Å². The van der Waals surface area contributed by atoms with E-state index in [1.54, 1.807) is 6.26 Å². The molecular formula is C15H25N3O. The summed E-state index contributed by atoms with van der Waals surface area (Å²) >= 11 is 0. The zero-order valence-electron chi connectivity index (χ0n) is 11.8. The summed E-state index contributed by atoms with van der Waals surface area (Å²) in [5.74, 6) is 0.943. The fraction of sp³-hybridized carbons (Fsp3) is 0.733. The van der Waals surface area contributed by atoms with Gasteiger partial charge in [-0.05, 0) is 32.4 Å². The lowest BCUT2D eigenvalue weighted by molar-refractivity contribution is 0.0108. The van der Waals surface area contributed by atoms with Crippen molar-refractivity contribution in [3.05, 3.63) is 23.7 Å². The number of rotatable bonds is 3. The number of nitrogens with two attached hydrogens (primary N) is 1. The summed E-state index contributed by atoms with van der Waals surface area (Å²) in [6.07, 6.45) is 5.89. The standard InChI is InChI=1S/C15H25N3O/c1-12-9-17-6-3-2-4-14(17)11-18(12)10-13-5-7-19-15(13)8-16/h5,7,12,14H,2-4,6,8-11,16H2,1H3. The van der Waals surface area contributed by atoms with Crippen LogP contribution in [0.3, 0.4) is 0 Å². The summed E-state index contributed by atoms with van der Waals surface area (Å²) in [4.78, 5) is 5.28. The number of hydrogen-bond acceptors (Lipinski definition) is 4. The highest BCUT2D eigenvalue weighted by molar-refractivity contribution is 5.17. The van der Waals surface area contributed by atoms with Crippen LogP contribution >= 0.6 is 0 Å². The highest BCUT2D eigenvalue weighted by Crippen LogP contribution is 2.25. The zero-order chi connectivity index (χ0) is 13.2. The predicted molar refractivity (Wildman–Crippen MR) is 75.7 cm³/mol. The van der Waals surface area contributed by atoms with E-state index in [9.17, 15) is 0 Å². The van der Waals surface area contributed by atoms with Gasteiger partial charge in [0, 0.05) is 37.3 Å². The molecule has 19 heavy (non-hydrogen) atoms. The molecule has 2 aliphatic heterocycles. The minimum atomic E-state index is 0.500. The smallest absolute Gasteiger partial charge is 0.121 e. The van der Waals surface area contributed by atoms with Crippen molar-refractivity contribution in [1.29, 1.82) is 0 Å². The Balaban J connectivity index is 1.67. The van der Waals surface area contributed by atoms with Gasteiger partial charge in [0.05, 0.1) is 12.8 Å². The SMILES string of the molecule is CC1CN2CCCCC2CN1Cc1ccoc1CN. The first-order valence-corrected chi connectivity index (χ1v) is 7.51. The second-order valence-electron chi connectivity index (χ2n) is 6.00. The van der Waals surface area contributed by atoms with Crippen molar-refractivity contribution in [3.8, 4) is 0 Å². The van der Waals surface area contributed by atoms with E-state index in [-0.39, 0.29) is 0 Å². The van der Waals surface area contributed by atoms with E-state index >= 15 is 0 Å². The topological polar surface area (TPSA) is 45.6 Å². The average Bonchev–Trinajstić information content (AvgIpc) is 2.87. The number of nitrogens with zero attached hydrogens (tertiary/aromatic N) is 2. The average molecular weight is 263 g/mol. The van der Waals surface area contributed by atoms with Crippen molar-refractivity contribution in [2.75, 3.05) is 19.6 Å². The molecule has 0 spiro atoms. The summed E-state index contributed by atoms with van der Waals surface area (Å²) in [6.45, 7) is 7.51. The van der Waals surface area contributed by atoms with Crippen molar-refractivity contribution in [3.63, 3.8) is 0 Å². The van der Waals surface area contributed by atoms with Crippen LogP contribution in [0.25, 0.3) is 0 Å². The number of piperazine rings is 1. The molecule has 106 valence electrons.